The Morgan fingerprint density at radius 2 is 1.56 bits per heavy atom. The molecule has 0 N–H and O–H groups in total. The Morgan fingerprint density at radius 1 is 0.875 bits per heavy atom. The Labute approximate surface area is 101 Å². The van der Waals surface area contributed by atoms with Crippen LogP contribution >= 0.6 is 0 Å². The summed E-state index contributed by atoms with van der Waals surface area (Å²) in [5.74, 6) is 0. The van der Waals surface area contributed by atoms with Gasteiger partial charge in [-0.1, -0.05) is 57.2 Å². The molecular formula is C16H25. The van der Waals surface area contributed by atoms with Gasteiger partial charge < -0.3 is 0 Å². The van der Waals surface area contributed by atoms with Crippen molar-refractivity contribution in [2.45, 2.75) is 58.8 Å². The second-order valence-electron chi connectivity index (χ2n) is 4.79. The van der Waals surface area contributed by atoms with Crippen molar-refractivity contribution in [1.29, 1.82) is 0 Å². The van der Waals surface area contributed by atoms with Crippen LogP contribution in [0.5, 0.6) is 0 Å². The highest BCUT2D eigenvalue weighted by Crippen LogP contribution is 2.13. The van der Waals surface area contributed by atoms with Gasteiger partial charge in [0, 0.05) is 0 Å². The van der Waals surface area contributed by atoms with Gasteiger partial charge in [0.15, 0.2) is 0 Å². The second-order valence-corrected chi connectivity index (χ2v) is 4.79. The Morgan fingerprint density at radius 3 is 2.25 bits per heavy atom. The van der Waals surface area contributed by atoms with Crippen molar-refractivity contribution in [3.05, 3.63) is 41.8 Å². The van der Waals surface area contributed by atoms with E-state index in [-0.39, 0.29) is 0 Å². The number of benzene rings is 1. The molecule has 0 fully saturated rings. The molecule has 0 heteroatoms. The number of unbranched alkanes of at least 4 members (excludes halogenated alkanes) is 5. The van der Waals surface area contributed by atoms with Gasteiger partial charge in [-0.3, -0.25) is 0 Å². The van der Waals surface area contributed by atoms with Crippen molar-refractivity contribution >= 4 is 0 Å². The molecule has 0 atom stereocenters. The van der Waals surface area contributed by atoms with Crippen molar-refractivity contribution in [2.24, 2.45) is 0 Å². The molecule has 89 valence electrons. The summed E-state index contributed by atoms with van der Waals surface area (Å²) in [6, 6.07) is 6.86. The highest BCUT2D eigenvalue weighted by atomic mass is 14.0. The van der Waals surface area contributed by atoms with Gasteiger partial charge in [-0.25, -0.2) is 0 Å². The molecule has 0 aliphatic heterocycles. The third-order valence-electron chi connectivity index (χ3n) is 3.29. The standard InChI is InChI=1S/C16H25/c1-4-5-6-7-8-9-10-16-12-11-14(2)15(3)13-16/h11-13H,1,4-10H2,2-3H3. The van der Waals surface area contributed by atoms with Gasteiger partial charge >= 0.3 is 0 Å². The van der Waals surface area contributed by atoms with Crippen LogP contribution in [0, 0.1) is 20.8 Å². The Kier molecular flexibility index (Phi) is 6.22. The van der Waals surface area contributed by atoms with Crippen LogP contribution in [-0.2, 0) is 6.42 Å². The first-order valence-corrected chi connectivity index (χ1v) is 6.59. The zero-order valence-corrected chi connectivity index (χ0v) is 10.9. The summed E-state index contributed by atoms with van der Waals surface area (Å²) in [6.45, 7) is 8.25. The molecule has 0 saturated heterocycles. The van der Waals surface area contributed by atoms with Crippen molar-refractivity contribution in [1.82, 2.24) is 0 Å². The lowest BCUT2D eigenvalue weighted by Crippen LogP contribution is -1.89. The van der Waals surface area contributed by atoms with E-state index in [1.165, 1.54) is 55.2 Å². The van der Waals surface area contributed by atoms with E-state index in [2.05, 4.69) is 39.0 Å². The molecule has 1 aromatic rings. The van der Waals surface area contributed by atoms with Crippen LogP contribution in [0.3, 0.4) is 0 Å². The molecule has 0 heterocycles. The van der Waals surface area contributed by atoms with E-state index in [0.717, 1.165) is 6.42 Å². The summed E-state index contributed by atoms with van der Waals surface area (Å²) >= 11 is 0. The summed E-state index contributed by atoms with van der Waals surface area (Å²) in [4.78, 5) is 0. The molecule has 0 amide bonds. The van der Waals surface area contributed by atoms with Gasteiger partial charge in [-0.05, 0) is 43.4 Å². The van der Waals surface area contributed by atoms with Gasteiger partial charge in [0.2, 0.25) is 0 Å². The van der Waals surface area contributed by atoms with Crippen molar-refractivity contribution in [3.8, 4) is 0 Å². The number of rotatable bonds is 7. The summed E-state index contributed by atoms with van der Waals surface area (Å²) in [5, 5.41) is 0. The van der Waals surface area contributed by atoms with E-state index in [1.807, 2.05) is 0 Å². The lowest BCUT2D eigenvalue weighted by Gasteiger charge is -2.05. The average Bonchev–Trinajstić information content (AvgIpc) is 2.28. The third-order valence-corrected chi connectivity index (χ3v) is 3.29. The first-order chi connectivity index (χ1) is 7.74. The largest absolute Gasteiger partial charge is 0.0588 e. The zero-order valence-electron chi connectivity index (χ0n) is 10.9. The van der Waals surface area contributed by atoms with Crippen LogP contribution in [0.15, 0.2) is 18.2 Å². The molecule has 0 saturated carbocycles. The highest BCUT2D eigenvalue weighted by Gasteiger charge is 1.96. The summed E-state index contributed by atoms with van der Waals surface area (Å²) in [6.07, 6.45) is 9.07. The lowest BCUT2D eigenvalue weighted by atomic mass is 10.0. The van der Waals surface area contributed by atoms with E-state index in [1.54, 1.807) is 0 Å². The van der Waals surface area contributed by atoms with Gasteiger partial charge in [0.1, 0.15) is 0 Å². The molecule has 1 radical (unpaired) electrons. The Hall–Kier alpha value is -0.780. The quantitative estimate of drug-likeness (QED) is 0.562. The Bertz CT molecular complexity index is 299. The molecule has 0 bridgehead atoms. The molecule has 0 aliphatic carbocycles. The predicted molar refractivity (Wildman–Crippen MR) is 72.7 cm³/mol. The maximum atomic E-state index is 3.87. The number of hydrogen-bond donors (Lipinski definition) is 0. The van der Waals surface area contributed by atoms with Crippen molar-refractivity contribution in [2.75, 3.05) is 0 Å². The average molecular weight is 217 g/mol. The molecule has 0 aromatic heterocycles. The zero-order chi connectivity index (χ0) is 11.8. The monoisotopic (exact) mass is 217 g/mol. The fraction of sp³-hybridized carbons (Fsp3) is 0.562. The molecule has 0 nitrogen and oxygen atoms in total. The Balaban J connectivity index is 2.19. The summed E-state index contributed by atoms with van der Waals surface area (Å²) in [5.41, 5.74) is 4.33. The third kappa shape index (κ3) is 4.83. The molecular weight excluding hydrogens is 192 g/mol. The van der Waals surface area contributed by atoms with Gasteiger partial charge in [0.25, 0.3) is 0 Å². The molecule has 0 aliphatic rings. The SMILES string of the molecule is [CH2]CCCCCCCc1ccc(C)c(C)c1. The smallest absolute Gasteiger partial charge is 0.0279 e. The normalized spacial score (nSPS) is 10.7. The molecule has 1 aromatic carbocycles. The topological polar surface area (TPSA) is 0 Å². The minimum absolute atomic E-state index is 1.09. The van der Waals surface area contributed by atoms with E-state index in [4.69, 9.17) is 0 Å². The van der Waals surface area contributed by atoms with Crippen molar-refractivity contribution in [3.63, 3.8) is 0 Å². The van der Waals surface area contributed by atoms with Gasteiger partial charge in [-0.15, -0.1) is 0 Å². The molecule has 1 rings (SSSR count). The molecule has 0 spiro atoms. The summed E-state index contributed by atoms with van der Waals surface area (Å²) in [7, 11) is 0. The fourth-order valence-electron chi connectivity index (χ4n) is 2.00. The van der Waals surface area contributed by atoms with Crippen LogP contribution in [0.25, 0.3) is 0 Å². The molecule has 0 unspecified atom stereocenters. The van der Waals surface area contributed by atoms with E-state index >= 15 is 0 Å². The predicted octanol–water partition coefficient (Wildman–Crippen LogP) is 5.02. The minimum Gasteiger partial charge on any atom is -0.0588 e. The van der Waals surface area contributed by atoms with E-state index in [0.29, 0.717) is 0 Å². The second kappa shape index (κ2) is 7.49. The van der Waals surface area contributed by atoms with Crippen LogP contribution < -0.4 is 0 Å². The number of hydrogen-bond acceptors (Lipinski definition) is 0. The fourth-order valence-corrected chi connectivity index (χ4v) is 2.00. The lowest BCUT2D eigenvalue weighted by molar-refractivity contribution is 0.617. The van der Waals surface area contributed by atoms with Crippen molar-refractivity contribution < 1.29 is 0 Å². The number of aryl methyl sites for hydroxylation is 3. The summed E-state index contributed by atoms with van der Waals surface area (Å²) < 4.78 is 0. The van der Waals surface area contributed by atoms with Crippen LogP contribution in [0.2, 0.25) is 0 Å². The maximum absolute atomic E-state index is 3.87. The van der Waals surface area contributed by atoms with Crippen LogP contribution in [-0.4, -0.2) is 0 Å². The first-order valence-electron chi connectivity index (χ1n) is 6.59. The highest BCUT2D eigenvalue weighted by molar-refractivity contribution is 5.29. The maximum Gasteiger partial charge on any atom is -0.0279 e. The van der Waals surface area contributed by atoms with E-state index < -0.39 is 0 Å². The molecule has 16 heavy (non-hydrogen) atoms. The van der Waals surface area contributed by atoms with E-state index in [9.17, 15) is 0 Å². The first kappa shape index (κ1) is 13.3. The van der Waals surface area contributed by atoms with Gasteiger partial charge in [0.05, 0.1) is 0 Å². The minimum atomic E-state index is 1.09. The van der Waals surface area contributed by atoms with Crippen LogP contribution in [0.4, 0.5) is 0 Å². The van der Waals surface area contributed by atoms with Gasteiger partial charge in [-0.2, -0.15) is 0 Å². The van der Waals surface area contributed by atoms with Crippen LogP contribution in [0.1, 0.15) is 55.2 Å².